The molecule has 0 radical (unpaired) electrons. The lowest BCUT2D eigenvalue weighted by Gasteiger charge is -2.35. The van der Waals surface area contributed by atoms with Crippen molar-refractivity contribution in [1.29, 1.82) is 5.26 Å². The molecule has 1 aromatic carbocycles. The van der Waals surface area contributed by atoms with E-state index in [2.05, 4.69) is 20.2 Å². The van der Waals surface area contributed by atoms with E-state index in [9.17, 15) is 0 Å². The fourth-order valence-electron chi connectivity index (χ4n) is 3.53. The van der Waals surface area contributed by atoms with Gasteiger partial charge in [-0.15, -0.1) is 0 Å². The maximum absolute atomic E-state index is 9.15. The Kier molecular flexibility index (Phi) is 7.55. The number of piperidine rings is 1. The van der Waals surface area contributed by atoms with Crippen LogP contribution in [0.4, 0.5) is 11.8 Å². The second-order valence-corrected chi connectivity index (χ2v) is 7.33. The molecule has 0 spiro atoms. The Labute approximate surface area is 182 Å². The zero-order valence-electron chi connectivity index (χ0n) is 17.3. The third kappa shape index (κ3) is 5.04. The van der Waals surface area contributed by atoms with Crippen molar-refractivity contribution >= 4 is 23.4 Å². The van der Waals surface area contributed by atoms with E-state index >= 15 is 0 Å². The zero-order valence-corrected chi connectivity index (χ0v) is 18.1. The number of halogens is 1. The molecule has 160 valence electrons. The van der Waals surface area contributed by atoms with Gasteiger partial charge >= 0.3 is 0 Å². The fraction of sp³-hybridized carbons (Fsp3) is 0.476. The first-order valence-electron chi connectivity index (χ1n) is 10.1. The van der Waals surface area contributed by atoms with E-state index in [0.717, 1.165) is 31.5 Å². The largest absolute Gasteiger partial charge is 0.494 e. The molecule has 1 saturated heterocycles. The van der Waals surface area contributed by atoms with Crippen LogP contribution in [-0.2, 0) is 6.54 Å². The number of nitrogens with one attached hydrogen (secondary N) is 1. The molecule has 0 atom stereocenters. The second kappa shape index (κ2) is 10.3. The molecule has 9 heteroatoms. The Morgan fingerprint density at radius 2 is 2.00 bits per heavy atom. The Balaban J connectivity index is 2.00. The van der Waals surface area contributed by atoms with Gasteiger partial charge in [0, 0.05) is 18.7 Å². The van der Waals surface area contributed by atoms with Crippen LogP contribution < -0.4 is 25.4 Å². The normalized spacial score (nSPS) is 14.2. The van der Waals surface area contributed by atoms with Crippen molar-refractivity contribution < 1.29 is 9.47 Å². The van der Waals surface area contributed by atoms with Crippen LogP contribution in [0, 0.1) is 11.3 Å². The molecular formula is C21H27ClN6O2. The van der Waals surface area contributed by atoms with Crippen molar-refractivity contribution in [3.05, 3.63) is 34.5 Å². The third-order valence-corrected chi connectivity index (χ3v) is 5.40. The summed E-state index contributed by atoms with van der Waals surface area (Å²) in [6, 6.07) is 5.95. The number of nitriles is 1. The molecule has 0 bridgehead atoms. The smallest absolute Gasteiger partial charge is 0.227 e. The number of hydrogen-bond donors (Lipinski definition) is 2. The summed E-state index contributed by atoms with van der Waals surface area (Å²) >= 11 is 6.68. The van der Waals surface area contributed by atoms with Gasteiger partial charge in [0.1, 0.15) is 28.9 Å². The van der Waals surface area contributed by atoms with Crippen LogP contribution in [0.15, 0.2) is 18.3 Å². The van der Waals surface area contributed by atoms with Crippen molar-refractivity contribution in [3.8, 4) is 17.6 Å². The van der Waals surface area contributed by atoms with E-state index in [1.165, 1.54) is 6.20 Å². The fourth-order valence-corrected chi connectivity index (χ4v) is 3.75. The molecule has 1 fully saturated rings. The van der Waals surface area contributed by atoms with Gasteiger partial charge < -0.3 is 25.4 Å². The summed E-state index contributed by atoms with van der Waals surface area (Å²) in [5, 5.41) is 13.1. The maximum Gasteiger partial charge on any atom is 0.227 e. The number of hydrogen-bond acceptors (Lipinski definition) is 8. The van der Waals surface area contributed by atoms with Crippen molar-refractivity contribution in [1.82, 2.24) is 15.3 Å². The minimum absolute atomic E-state index is 0.172. The van der Waals surface area contributed by atoms with Crippen molar-refractivity contribution in [3.63, 3.8) is 0 Å². The predicted molar refractivity (Wildman–Crippen MR) is 117 cm³/mol. The van der Waals surface area contributed by atoms with E-state index in [0.29, 0.717) is 42.2 Å². The van der Waals surface area contributed by atoms with Gasteiger partial charge in [-0.1, -0.05) is 11.6 Å². The number of nitrogens with zero attached hydrogens (tertiary/aromatic N) is 4. The lowest BCUT2D eigenvalue weighted by atomic mass is 10.0. The zero-order chi connectivity index (χ0) is 21.5. The van der Waals surface area contributed by atoms with Crippen LogP contribution in [0.1, 0.15) is 37.8 Å². The van der Waals surface area contributed by atoms with Crippen LogP contribution in [0.3, 0.4) is 0 Å². The molecule has 0 unspecified atom stereocenters. The minimum atomic E-state index is 0.172. The monoisotopic (exact) mass is 430 g/mol. The highest BCUT2D eigenvalue weighted by Crippen LogP contribution is 2.35. The predicted octanol–water partition coefficient (Wildman–Crippen LogP) is 3.14. The van der Waals surface area contributed by atoms with E-state index in [1.807, 2.05) is 32.0 Å². The summed E-state index contributed by atoms with van der Waals surface area (Å²) in [6.45, 7) is 7.17. The highest BCUT2D eigenvalue weighted by molar-refractivity contribution is 6.32. The molecule has 30 heavy (non-hydrogen) atoms. The SMILES string of the molecule is CCOc1cc(CN(c2ncc(C#N)c(N)n2)C2CCNCC2)c(Cl)c(OCC)c1. The van der Waals surface area contributed by atoms with Crippen LogP contribution in [-0.4, -0.2) is 42.3 Å². The van der Waals surface area contributed by atoms with Crippen LogP contribution in [0.25, 0.3) is 0 Å². The minimum Gasteiger partial charge on any atom is -0.494 e. The van der Waals surface area contributed by atoms with E-state index in [-0.39, 0.29) is 17.4 Å². The lowest BCUT2D eigenvalue weighted by Crippen LogP contribution is -2.43. The van der Waals surface area contributed by atoms with Gasteiger partial charge in [-0.05, 0) is 51.4 Å². The summed E-state index contributed by atoms with van der Waals surface area (Å²) in [4.78, 5) is 10.9. The van der Waals surface area contributed by atoms with Gasteiger partial charge in [0.05, 0.1) is 24.4 Å². The first kappa shape index (κ1) is 21.9. The number of nitrogens with two attached hydrogens (primary N) is 1. The third-order valence-electron chi connectivity index (χ3n) is 4.97. The average Bonchev–Trinajstić information content (AvgIpc) is 2.76. The Hall–Kier alpha value is -2.76. The van der Waals surface area contributed by atoms with Gasteiger partial charge in [0.15, 0.2) is 0 Å². The first-order chi connectivity index (χ1) is 14.6. The molecule has 2 aromatic rings. The maximum atomic E-state index is 9.15. The highest BCUT2D eigenvalue weighted by Gasteiger charge is 2.26. The molecule has 3 N–H and O–H groups in total. The van der Waals surface area contributed by atoms with E-state index in [4.69, 9.17) is 32.1 Å². The molecular weight excluding hydrogens is 404 g/mol. The van der Waals surface area contributed by atoms with E-state index < -0.39 is 0 Å². The Morgan fingerprint density at radius 3 is 2.63 bits per heavy atom. The first-order valence-corrected chi connectivity index (χ1v) is 10.5. The lowest BCUT2D eigenvalue weighted by molar-refractivity contribution is 0.322. The van der Waals surface area contributed by atoms with E-state index in [1.54, 1.807) is 0 Å². The molecule has 1 aromatic heterocycles. The summed E-state index contributed by atoms with van der Waals surface area (Å²) in [5.74, 6) is 1.94. The van der Waals surface area contributed by atoms with Gasteiger partial charge in [-0.3, -0.25) is 0 Å². The topological polar surface area (TPSA) is 109 Å². The molecule has 0 saturated carbocycles. The summed E-state index contributed by atoms with van der Waals surface area (Å²) < 4.78 is 11.4. The molecule has 2 heterocycles. The molecule has 3 rings (SSSR count). The Morgan fingerprint density at radius 1 is 1.27 bits per heavy atom. The standard InChI is InChI=1S/C21H27ClN6O2/c1-3-29-17-9-14(19(22)18(10-17)30-4-2)13-28(16-5-7-25-8-6-16)21-26-12-15(11-23)20(24)27-21/h9-10,12,16,25H,3-8,13H2,1-2H3,(H2,24,26,27). The molecule has 1 aliphatic heterocycles. The van der Waals surface area contributed by atoms with Gasteiger partial charge in [-0.25, -0.2) is 4.98 Å². The van der Waals surface area contributed by atoms with Crippen molar-refractivity contribution in [2.45, 2.75) is 39.3 Å². The second-order valence-electron chi connectivity index (χ2n) is 6.95. The Bertz CT molecular complexity index is 911. The van der Waals surface area contributed by atoms with Crippen LogP contribution in [0.2, 0.25) is 5.02 Å². The number of aromatic nitrogens is 2. The summed E-state index contributed by atoms with van der Waals surface area (Å²) in [5.41, 5.74) is 7.09. The summed E-state index contributed by atoms with van der Waals surface area (Å²) in [7, 11) is 0. The molecule has 8 nitrogen and oxygen atoms in total. The molecule has 1 aliphatic rings. The van der Waals surface area contributed by atoms with Crippen LogP contribution >= 0.6 is 11.6 Å². The number of ether oxygens (including phenoxy) is 2. The van der Waals surface area contributed by atoms with Gasteiger partial charge in [-0.2, -0.15) is 10.2 Å². The molecule has 0 aliphatic carbocycles. The molecule has 0 amide bonds. The average molecular weight is 431 g/mol. The number of anilines is 2. The quantitative estimate of drug-likeness (QED) is 0.657. The van der Waals surface area contributed by atoms with Gasteiger partial charge in [0.25, 0.3) is 0 Å². The number of nitrogen functional groups attached to an aromatic ring is 1. The van der Waals surface area contributed by atoms with Crippen molar-refractivity contribution in [2.75, 3.05) is 36.9 Å². The number of benzene rings is 1. The highest BCUT2D eigenvalue weighted by atomic mass is 35.5. The summed E-state index contributed by atoms with van der Waals surface area (Å²) in [6.07, 6.45) is 3.34. The van der Waals surface area contributed by atoms with Crippen molar-refractivity contribution in [2.24, 2.45) is 0 Å². The van der Waals surface area contributed by atoms with Gasteiger partial charge in [0.2, 0.25) is 5.95 Å². The number of rotatable bonds is 8. The van der Waals surface area contributed by atoms with Crippen LogP contribution in [0.5, 0.6) is 11.5 Å².